The van der Waals surface area contributed by atoms with Crippen LogP contribution in [0.15, 0.2) is 40.1 Å². The number of aromatic nitrogens is 4. The number of nitrogens with one attached hydrogen (secondary N) is 2. The second-order valence-corrected chi connectivity index (χ2v) is 10.4. The number of imidazole rings is 1. The van der Waals surface area contributed by atoms with Gasteiger partial charge in [0.2, 0.25) is 0 Å². The summed E-state index contributed by atoms with van der Waals surface area (Å²) in [6.45, 7) is 8.93. The largest absolute Gasteiger partial charge is 0.422 e. The van der Waals surface area contributed by atoms with E-state index in [2.05, 4.69) is 48.9 Å². The monoisotopic (exact) mass is 544 g/mol. The van der Waals surface area contributed by atoms with Gasteiger partial charge in [-0.3, -0.25) is 9.69 Å². The molecule has 3 aromatic heterocycles. The molecular weight excluding hydrogens is 512 g/mol. The first-order valence-electron chi connectivity index (χ1n) is 13.7. The first-order chi connectivity index (χ1) is 19.3. The van der Waals surface area contributed by atoms with Crippen LogP contribution in [0.4, 0.5) is 16.3 Å². The molecular formula is C28H32N8O4. The van der Waals surface area contributed by atoms with Crippen molar-refractivity contribution >= 4 is 45.6 Å². The lowest BCUT2D eigenvalue weighted by Crippen LogP contribution is -2.55. The van der Waals surface area contributed by atoms with Crippen LogP contribution in [0.5, 0.6) is 0 Å². The third kappa shape index (κ3) is 4.14. The summed E-state index contributed by atoms with van der Waals surface area (Å²) < 4.78 is 5.70. The number of aromatic amines is 1. The molecule has 2 saturated heterocycles. The van der Waals surface area contributed by atoms with Crippen molar-refractivity contribution in [3.8, 4) is 0 Å². The Morgan fingerprint density at radius 3 is 2.60 bits per heavy atom. The minimum atomic E-state index is -0.961. The van der Waals surface area contributed by atoms with Gasteiger partial charge in [0.25, 0.3) is 5.91 Å². The molecule has 12 nitrogen and oxygen atoms in total. The van der Waals surface area contributed by atoms with Crippen LogP contribution in [0.25, 0.3) is 22.1 Å². The van der Waals surface area contributed by atoms with Crippen molar-refractivity contribution in [1.29, 1.82) is 0 Å². The van der Waals surface area contributed by atoms with Crippen LogP contribution >= 0.6 is 0 Å². The molecule has 2 aliphatic heterocycles. The summed E-state index contributed by atoms with van der Waals surface area (Å²) in [6.07, 6.45) is 4.16. The number of carbonyl (C=O) groups is 2. The van der Waals surface area contributed by atoms with Crippen LogP contribution in [0.2, 0.25) is 0 Å². The molecule has 3 amide bonds. The number of nitrogens with zero attached hydrogens (tertiary/aromatic N) is 6. The Labute approximate surface area is 230 Å². The number of hydrogen-bond acceptors (Lipinski definition) is 9. The number of hydrogen-bond donors (Lipinski definition) is 2. The van der Waals surface area contributed by atoms with Crippen LogP contribution in [-0.2, 0) is 11.2 Å². The summed E-state index contributed by atoms with van der Waals surface area (Å²) in [4.78, 5) is 60.8. The zero-order valence-corrected chi connectivity index (χ0v) is 22.9. The number of benzene rings is 1. The van der Waals surface area contributed by atoms with Crippen molar-refractivity contribution in [2.24, 2.45) is 0 Å². The molecule has 208 valence electrons. The Morgan fingerprint density at radius 1 is 1.07 bits per heavy atom. The van der Waals surface area contributed by atoms with Crippen molar-refractivity contribution in [3.05, 3.63) is 52.4 Å². The molecule has 40 heavy (non-hydrogen) atoms. The summed E-state index contributed by atoms with van der Waals surface area (Å²) in [7, 11) is 0. The summed E-state index contributed by atoms with van der Waals surface area (Å²) >= 11 is 0. The van der Waals surface area contributed by atoms with E-state index in [1.54, 1.807) is 6.33 Å². The second kappa shape index (κ2) is 9.92. The molecule has 1 aromatic carbocycles. The fourth-order valence-electron chi connectivity index (χ4n) is 5.99. The van der Waals surface area contributed by atoms with Crippen LogP contribution < -0.4 is 20.7 Å². The first-order valence-corrected chi connectivity index (χ1v) is 13.7. The van der Waals surface area contributed by atoms with E-state index in [9.17, 15) is 14.4 Å². The standard InChI is InChI=1S/C28H32N8O4/c1-4-34(5-2)18-6-7-19-17(3)20(25(37)40-21(19)14-18)8-11-36-26(38)28(33-27(36)39)9-12-35(13-10-28)24-22-23(30-15-29-22)31-16-32-24/h6-7,14-16H,4-5,8-13H2,1-3H3,(H,33,39)(H,29,30,31,32). The van der Waals surface area contributed by atoms with E-state index < -0.39 is 17.2 Å². The third-order valence-corrected chi connectivity index (χ3v) is 8.35. The van der Waals surface area contributed by atoms with Gasteiger partial charge in [-0.25, -0.2) is 24.5 Å². The number of imide groups is 1. The molecule has 0 unspecified atom stereocenters. The maximum Gasteiger partial charge on any atom is 0.339 e. The number of H-pyrrole nitrogens is 1. The van der Waals surface area contributed by atoms with Crippen molar-refractivity contribution in [1.82, 2.24) is 30.2 Å². The lowest BCUT2D eigenvalue weighted by molar-refractivity contribution is -0.132. The number of carbonyl (C=O) groups excluding carboxylic acids is 2. The number of aryl methyl sites for hydroxylation is 1. The number of amides is 3. The Bertz CT molecular complexity index is 1670. The lowest BCUT2D eigenvalue weighted by Gasteiger charge is -2.37. The molecule has 4 aromatic rings. The quantitative estimate of drug-likeness (QED) is 0.265. The second-order valence-electron chi connectivity index (χ2n) is 10.4. The van der Waals surface area contributed by atoms with E-state index in [1.165, 1.54) is 11.2 Å². The third-order valence-electron chi connectivity index (χ3n) is 8.35. The van der Waals surface area contributed by atoms with Gasteiger partial charge in [-0.15, -0.1) is 0 Å². The minimum absolute atomic E-state index is 0.103. The van der Waals surface area contributed by atoms with Gasteiger partial charge in [0.05, 0.1) is 6.33 Å². The van der Waals surface area contributed by atoms with E-state index in [1.807, 2.05) is 25.1 Å². The average Bonchev–Trinajstić information content (AvgIpc) is 3.52. The highest BCUT2D eigenvalue weighted by atomic mass is 16.4. The zero-order valence-electron chi connectivity index (χ0n) is 22.9. The average molecular weight is 545 g/mol. The number of anilines is 2. The van der Waals surface area contributed by atoms with Crippen molar-refractivity contribution in [2.75, 3.05) is 42.5 Å². The maximum atomic E-state index is 13.5. The van der Waals surface area contributed by atoms with Crippen LogP contribution in [0, 0.1) is 6.92 Å². The molecule has 0 saturated carbocycles. The first kappa shape index (κ1) is 25.8. The smallest absolute Gasteiger partial charge is 0.339 e. The summed E-state index contributed by atoms with van der Waals surface area (Å²) in [5.41, 5.74) is 2.75. The van der Waals surface area contributed by atoms with Gasteiger partial charge in [-0.1, -0.05) is 0 Å². The molecule has 1 spiro atoms. The van der Waals surface area contributed by atoms with E-state index in [0.717, 1.165) is 41.1 Å². The number of piperidine rings is 1. The Balaban J connectivity index is 1.17. The van der Waals surface area contributed by atoms with Gasteiger partial charge in [-0.2, -0.15) is 0 Å². The van der Waals surface area contributed by atoms with Crippen LogP contribution in [0.3, 0.4) is 0 Å². The topological polar surface area (TPSA) is 141 Å². The molecule has 0 bridgehead atoms. The highest BCUT2D eigenvalue weighted by molar-refractivity contribution is 6.07. The van der Waals surface area contributed by atoms with Crippen LogP contribution in [0.1, 0.15) is 37.8 Å². The van der Waals surface area contributed by atoms with Crippen molar-refractivity contribution in [2.45, 2.75) is 45.6 Å². The van der Waals surface area contributed by atoms with Gasteiger partial charge < -0.3 is 24.5 Å². The molecule has 0 aliphatic carbocycles. The number of urea groups is 1. The normalized spacial score (nSPS) is 16.9. The zero-order chi connectivity index (χ0) is 28.0. The molecule has 2 N–H and O–H groups in total. The molecule has 6 rings (SSSR count). The van der Waals surface area contributed by atoms with E-state index in [-0.39, 0.29) is 18.9 Å². The molecule has 0 atom stereocenters. The molecule has 12 heteroatoms. The van der Waals surface area contributed by atoms with Crippen LogP contribution in [-0.4, -0.2) is 75.0 Å². The Kier molecular flexibility index (Phi) is 6.40. The van der Waals surface area contributed by atoms with E-state index >= 15 is 0 Å². The summed E-state index contributed by atoms with van der Waals surface area (Å²) in [5, 5.41) is 3.80. The minimum Gasteiger partial charge on any atom is -0.422 e. The number of rotatable bonds is 7. The molecule has 2 aliphatic rings. The van der Waals surface area contributed by atoms with E-state index in [4.69, 9.17) is 4.42 Å². The van der Waals surface area contributed by atoms with Gasteiger partial charge in [-0.05, 0) is 57.7 Å². The summed E-state index contributed by atoms with van der Waals surface area (Å²) in [6, 6.07) is 5.46. The summed E-state index contributed by atoms with van der Waals surface area (Å²) in [5.74, 6) is 0.479. The predicted octanol–water partition coefficient (Wildman–Crippen LogP) is 2.75. The lowest BCUT2D eigenvalue weighted by atomic mass is 9.87. The van der Waals surface area contributed by atoms with Crippen molar-refractivity contribution < 1.29 is 14.0 Å². The Hall–Kier alpha value is -4.48. The molecule has 2 fully saturated rings. The van der Waals surface area contributed by atoms with Gasteiger partial charge in [0.15, 0.2) is 11.5 Å². The van der Waals surface area contributed by atoms with Gasteiger partial charge in [0, 0.05) is 55.4 Å². The number of fused-ring (bicyclic) bond motifs is 2. The molecule has 0 radical (unpaired) electrons. The Morgan fingerprint density at radius 2 is 1.85 bits per heavy atom. The fourth-order valence-corrected chi connectivity index (χ4v) is 5.99. The van der Waals surface area contributed by atoms with Gasteiger partial charge in [0.1, 0.15) is 23.0 Å². The fraction of sp³-hybridized carbons (Fsp3) is 0.429. The van der Waals surface area contributed by atoms with Crippen molar-refractivity contribution in [3.63, 3.8) is 0 Å². The SMILES string of the molecule is CCN(CC)c1ccc2c(C)c(CCN3C(=O)NC4(CCN(c5ncnc6nc[nH]c56)CC4)C3=O)c(=O)oc2c1. The van der Waals surface area contributed by atoms with Gasteiger partial charge >= 0.3 is 11.7 Å². The maximum absolute atomic E-state index is 13.5. The van der Waals surface area contributed by atoms with E-state index in [0.29, 0.717) is 42.7 Å². The predicted molar refractivity (Wildman–Crippen MR) is 151 cm³/mol. The highest BCUT2D eigenvalue weighted by Crippen LogP contribution is 2.33. The highest BCUT2D eigenvalue weighted by Gasteiger charge is 2.52. The molecule has 5 heterocycles.